The van der Waals surface area contributed by atoms with Gasteiger partial charge in [-0.3, -0.25) is 0 Å². The van der Waals surface area contributed by atoms with E-state index in [1.807, 2.05) is 44.2 Å². The molecule has 0 bridgehead atoms. The van der Waals surface area contributed by atoms with E-state index in [-0.39, 0.29) is 5.56 Å². The first kappa shape index (κ1) is 20.8. The molecule has 6 heteroatoms. The molecule has 33 heavy (non-hydrogen) atoms. The fraction of sp³-hybridized carbons (Fsp3) is 0.185. The van der Waals surface area contributed by atoms with Crippen molar-refractivity contribution in [3.8, 4) is 17.1 Å². The number of methoxy groups -OCH3 is 1. The van der Waals surface area contributed by atoms with Gasteiger partial charge < -0.3 is 18.8 Å². The molecule has 1 N–H and O–H groups in total. The minimum Gasteiger partial charge on any atom is -0.497 e. The molecule has 0 radical (unpaired) electrons. The Morgan fingerprint density at radius 1 is 1.06 bits per heavy atom. The van der Waals surface area contributed by atoms with Gasteiger partial charge in [-0.15, -0.1) is 0 Å². The molecule has 3 heterocycles. The normalized spacial score (nSPS) is 11.4. The van der Waals surface area contributed by atoms with Crippen molar-refractivity contribution in [3.05, 3.63) is 89.2 Å². The van der Waals surface area contributed by atoms with Gasteiger partial charge in [0, 0.05) is 28.8 Å². The van der Waals surface area contributed by atoms with Crippen molar-refractivity contribution in [3.63, 3.8) is 0 Å². The minimum atomic E-state index is -0.943. The monoisotopic (exact) mass is 439 g/mol. The second-order valence-electron chi connectivity index (χ2n) is 8.16. The third-order valence-electron chi connectivity index (χ3n) is 6.16. The number of carbonyl (C=O) groups is 1. The fourth-order valence-corrected chi connectivity index (χ4v) is 4.56. The highest BCUT2D eigenvalue weighted by atomic mass is 16.5. The molecule has 0 aliphatic carbocycles. The van der Waals surface area contributed by atoms with Crippen LogP contribution in [0.4, 0.5) is 0 Å². The third-order valence-corrected chi connectivity index (χ3v) is 6.16. The largest absolute Gasteiger partial charge is 0.497 e. The number of fused-ring (bicyclic) bond motifs is 2. The number of aromatic carboxylic acids is 1. The zero-order valence-corrected chi connectivity index (χ0v) is 18.9. The van der Waals surface area contributed by atoms with Crippen molar-refractivity contribution in [1.82, 2.24) is 14.0 Å². The predicted molar refractivity (Wildman–Crippen MR) is 129 cm³/mol. The minimum absolute atomic E-state index is 0.257. The lowest BCUT2D eigenvalue weighted by Gasteiger charge is -2.12. The highest BCUT2D eigenvalue weighted by molar-refractivity contribution is 5.90. The standard InChI is InChI=1S/C27H25N3O3/c1-4-21-13-20(27(31)32)15-25-28-26(17(2)30(21)25)24-14-19-9-5-6-11-23(19)29(24)16-18-8-7-10-22(12-18)33-3/h5-15H,4,16H2,1-3H3,(H,31,32). The lowest BCUT2D eigenvalue weighted by molar-refractivity contribution is 0.0696. The Morgan fingerprint density at radius 3 is 2.64 bits per heavy atom. The first-order valence-corrected chi connectivity index (χ1v) is 11.0. The molecule has 0 atom stereocenters. The molecule has 0 aliphatic heterocycles. The summed E-state index contributed by atoms with van der Waals surface area (Å²) >= 11 is 0. The van der Waals surface area contributed by atoms with Crippen LogP contribution in [0.15, 0.2) is 66.7 Å². The number of carboxylic acids is 1. The number of rotatable bonds is 6. The van der Waals surface area contributed by atoms with Gasteiger partial charge in [-0.2, -0.15) is 0 Å². The van der Waals surface area contributed by atoms with Crippen molar-refractivity contribution in [2.45, 2.75) is 26.8 Å². The number of para-hydroxylation sites is 1. The van der Waals surface area contributed by atoms with Crippen LogP contribution in [0.2, 0.25) is 0 Å². The van der Waals surface area contributed by atoms with Crippen molar-refractivity contribution in [1.29, 1.82) is 0 Å². The smallest absolute Gasteiger partial charge is 0.335 e. The van der Waals surface area contributed by atoms with Crippen molar-refractivity contribution in [2.75, 3.05) is 7.11 Å². The summed E-state index contributed by atoms with van der Waals surface area (Å²) in [5.74, 6) is -0.121. The fourth-order valence-electron chi connectivity index (χ4n) is 4.56. The van der Waals surface area contributed by atoms with Crippen molar-refractivity contribution in [2.24, 2.45) is 0 Å². The van der Waals surface area contributed by atoms with Gasteiger partial charge in [0.05, 0.1) is 18.4 Å². The Labute approximate surface area is 191 Å². The predicted octanol–water partition coefficient (Wildman–Crippen LogP) is 5.58. The topological polar surface area (TPSA) is 68.8 Å². The Hall–Kier alpha value is -4.06. The van der Waals surface area contributed by atoms with Crippen molar-refractivity contribution < 1.29 is 14.6 Å². The molecule has 0 saturated heterocycles. The summed E-state index contributed by atoms with van der Waals surface area (Å²) in [6.07, 6.45) is 0.709. The van der Waals surface area contributed by atoms with E-state index >= 15 is 0 Å². The van der Waals surface area contributed by atoms with E-state index in [0.717, 1.165) is 45.0 Å². The second kappa shape index (κ2) is 8.13. The molecule has 166 valence electrons. The SMILES string of the molecule is CCc1cc(C(=O)O)cc2nc(-c3cc4ccccc4n3Cc3cccc(OC)c3)c(C)n12. The number of imidazole rings is 1. The maximum atomic E-state index is 11.7. The Kier molecular flexibility index (Phi) is 5.13. The van der Waals surface area contributed by atoms with Gasteiger partial charge in [0.15, 0.2) is 0 Å². The summed E-state index contributed by atoms with van der Waals surface area (Å²) in [5.41, 5.74) is 6.93. The van der Waals surface area contributed by atoms with Crippen LogP contribution < -0.4 is 4.74 Å². The van der Waals surface area contributed by atoms with Crippen molar-refractivity contribution >= 4 is 22.5 Å². The van der Waals surface area contributed by atoms with Crippen LogP contribution in [0, 0.1) is 6.92 Å². The Morgan fingerprint density at radius 2 is 1.88 bits per heavy atom. The van der Waals surface area contributed by atoms with E-state index in [4.69, 9.17) is 9.72 Å². The summed E-state index contributed by atoms with van der Waals surface area (Å²) in [4.78, 5) is 16.6. The number of nitrogens with zero attached hydrogens (tertiary/aromatic N) is 3. The summed E-state index contributed by atoms with van der Waals surface area (Å²) in [7, 11) is 1.67. The Bertz CT molecular complexity index is 1510. The van der Waals surface area contributed by atoms with Gasteiger partial charge in [-0.05, 0) is 55.3 Å². The molecule has 2 aromatic carbocycles. The van der Waals surface area contributed by atoms with E-state index in [0.29, 0.717) is 18.6 Å². The van der Waals surface area contributed by atoms with Gasteiger partial charge in [0.1, 0.15) is 17.1 Å². The third kappa shape index (κ3) is 3.53. The summed E-state index contributed by atoms with van der Waals surface area (Å²) in [5, 5.41) is 10.7. The zero-order chi connectivity index (χ0) is 23.1. The van der Waals surface area contributed by atoms with Gasteiger partial charge in [0.25, 0.3) is 0 Å². The summed E-state index contributed by atoms with van der Waals surface area (Å²) < 4.78 is 9.75. The van der Waals surface area contributed by atoms with Crippen LogP contribution in [0.25, 0.3) is 27.9 Å². The number of aryl methyl sites for hydroxylation is 2. The van der Waals surface area contributed by atoms with Crippen LogP contribution in [0.1, 0.15) is 34.2 Å². The molecule has 0 spiro atoms. The average molecular weight is 440 g/mol. The molecule has 0 fully saturated rings. The molecule has 3 aromatic heterocycles. The maximum Gasteiger partial charge on any atom is 0.335 e. The highest BCUT2D eigenvalue weighted by Crippen LogP contribution is 2.32. The van der Waals surface area contributed by atoms with Crippen LogP contribution in [0.5, 0.6) is 5.75 Å². The number of benzene rings is 2. The highest BCUT2D eigenvalue weighted by Gasteiger charge is 2.20. The van der Waals surface area contributed by atoms with E-state index in [2.05, 4.69) is 33.2 Å². The molecular weight excluding hydrogens is 414 g/mol. The molecule has 0 aliphatic rings. The number of aromatic nitrogens is 3. The van der Waals surface area contributed by atoms with Gasteiger partial charge in [-0.1, -0.05) is 37.3 Å². The average Bonchev–Trinajstić information content (AvgIpc) is 3.36. The lowest BCUT2D eigenvalue weighted by Crippen LogP contribution is -2.04. The van der Waals surface area contributed by atoms with E-state index in [9.17, 15) is 9.90 Å². The summed E-state index contributed by atoms with van der Waals surface area (Å²) in [6.45, 7) is 4.73. The van der Waals surface area contributed by atoms with Crippen LogP contribution in [0.3, 0.4) is 0 Å². The molecule has 0 amide bonds. The number of carboxylic acid groups (broad SMARTS) is 1. The molecule has 5 aromatic rings. The number of pyridine rings is 1. The molecule has 0 unspecified atom stereocenters. The van der Waals surface area contributed by atoms with Gasteiger partial charge in [0.2, 0.25) is 0 Å². The summed E-state index contributed by atoms with van der Waals surface area (Å²) in [6, 6.07) is 21.9. The van der Waals surface area contributed by atoms with E-state index < -0.39 is 5.97 Å². The van der Waals surface area contributed by atoms with Crippen LogP contribution in [-0.2, 0) is 13.0 Å². The van der Waals surface area contributed by atoms with Crippen LogP contribution >= 0.6 is 0 Å². The van der Waals surface area contributed by atoms with Crippen LogP contribution in [-0.4, -0.2) is 32.1 Å². The quantitative estimate of drug-likeness (QED) is 0.375. The Balaban J connectivity index is 1.74. The number of ether oxygens (including phenoxy) is 1. The first-order valence-electron chi connectivity index (χ1n) is 11.0. The number of hydrogen-bond acceptors (Lipinski definition) is 3. The van der Waals surface area contributed by atoms with Gasteiger partial charge >= 0.3 is 5.97 Å². The maximum absolute atomic E-state index is 11.7. The molecule has 0 saturated carbocycles. The lowest BCUT2D eigenvalue weighted by atomic mass is 10.2. The molecular formula is C27H25N3O3. The molecule has 5 rings (SSSR count). The van der Waals surface area contributed by atoms with Gasteiger partial charge in [-0.25, -0.2) is 9.78 Å². The molecule has 6 nitrogen and oxygen atoms in total. The van der Waals surface area contributed by atoms with E-state index in [1.54, 1.807) is 19.2 Å². The van der Waals surface area contributed by atoms with E-state index in [1.165, 1.54) is 0 Å². The first-order chi connectivity index (χ1) is 16.0. The zero-order valence-electron chi connectivity index (χ0n) is 18.9. The second-order valence-corrected chi connectivity index (χ2v) is 8.16. The number of hydrogen-bond donors (Lipinski definition) is 1.